The van der Waals surface area contributed by atoms with Gasteiger partial charge in [0.15, 0.2) is 5.78 Å². The Morgan fingerprint density at radius 3 is 2.09 bits per heavy atom. The van der Waals surface area contributed by atoms with Gasteiger partial charge in [-0.2, -0.15) is 0 Å². The number of nitrogens with zero attached hydrogens (tertiary/aromatic N) is 1. The molecule has 0 atom stereocenters. The van der Waals surface area contributed by atoms with Crippen LogP contribution in [0.1, 0.15) is 91.8 Å². The molecular formula is C38H42IrNO3-. The third-order valence-corrected chi connectivity index (χ3v) is 8.66. The Hall–Kier alpha value is -3.27. The van der Waals surface area contributed by atoms with Crippen LogP contribution >= 0.6 is 0 Å². The van der Waals surface area contributed by atoms with Gasteiger partial charge in [-0.3, -0.25) is 4.79 Å². The molecule has 0 bridgehead atoms. The molecule has 227 valence electrons. The van der Waals surface area contributed by atoms with Crippen molar-refractivity contribution in [2.75, 3.05) is 0 Å². The van der Waals surface area contributed by atoms with E-state index in [1.807, 2.05) is 6.20 Å². The summed E-state index contributed by atoms with van der Waals surface area (Å²) in [6.07, 6.45) is 5.47. The van der Waals surface area contributed by atoms with Crippen LogP contribution in [-0.2, 0) is 41.1 Å². The molecule has 2 heterocycles. The molecule has 1 aliphatic carbocycles. The summed E-state index contributed by atoms with van der Waals surface area (Å²) in [7, 11) is 0. The van der Waals surface area contributed by atoms with E-state index < -0.39 is 0 Å². The number of allylic oxidation sites excluding steroid dienone is 2. The summed E-state index contributed by atoms with van der Waals surface area (Å²) in [5.74, 6) is -0.0625. The molecule has 5 aromatic rings. The number of aliphatic hydroxyl groups excluding tert-OH is 1. The second-order valence-corrected chi connectivity index (χ2v) is 14.1. The third-order valence-electron chi connectivity index (χ3n) is 8.66. The average Bonchev–Trinajstić information content (AvgIpc) is 3.27. The van der Waals surface area contributed by atoms with Gasteiger partial charge < -0.3 is 14.5 Å². The first-order valence-corrected chi connectivity index (χ1v) is 14.8. The number of pyridine rings is 1. The van der Waals surface area contributed by atoms with Crippen LogP contribution in [0.3, 0.4) is 0 Å². The smallest absolute Gasteiger partial charge is 0.155 e. The topological polar surface area (TPSA) is 63.3 Å². The van der Waals surface area contributed by atoms with E-state index in [2.05, 4.69) is 103 Å². The maximum atomic E-state index is 10.0. The fourth-order valence-electron chi connectivity index (χ4n) is 6.29. The molecule has 0 aliphatic heterocycles. The maximum absolute atomic E-state index is 10.0. The van der Waals surface area contributed by atoms with E-state index in [0.29, 0.717) is 0 Å². The van der Waals surface area contributed by atoms with Gasteiger partial charge in [-0.25, -0.2) is 0 Å². The SMILES string of the molecule is CC(=O)/C=C(/C)O.CC(C)(C)c1c[c-]c(-c2nccc3c2oc2cc4c(cc23)C(C)(C)CCC4(C)C)c2ccccc12.[Ir]. The first-order chi connectivity index (χ1) is 19.6. The molecule has 1 N–H and O–H groups in total. The number of hydrogen-bond donors (Lipinski definition) is 1. The van der Waals surface area contributed by atoms with Crippen molar-refractivity contribution in [3.8, 4) is 11.3 Å². The number of furan rings is 1. The number of ketones is 1. The van der Waals surface area contributed by atoms with Gasteiger partial charge in [0.2, 0.25) is 0 Å². The molecule has 1 radical (unpaired) electrons. The summed E-state index contributed by atoms with van der Waals surface area (Å²) in [5.41, 5.74) is 8.18. The van der Waals surface area contributed by atoms with E-state index in [9.17, 15) is 4.79 Å². The van der Waals surface area contributed by atoms with Crippen molar-refractivity contribution in [2.24, 2.45) is 0 Å². The number of hydrogen-bond acceptors (Lipinski definition) is 4. The molecule has 1 aliphatic rings. The van der Waals surface area contributed by atoms with Crippen LogP contribution < -0.4 is 0 Å². The van der Waals surface area contributed by atoms with Crippen LogP contribution in [0.25, 0.3) is 44.0 Å². The predicted octanol–water partition coefficient (Wildman–Crippen LogP) is 10.3. The van der Waals surface area contributed by atoms with E-state index in [4.69, 9.17) is 14.5 Å². The van der Waals surface area contributed by atoms with Crippen molar-refractivity contribution in [3.63, 3.8) is 0 Å². The van der Waals surface area contributed by atoms with Crippen LogP contribution in [-0.4, -0.2) is 15.9 Å². The van der Waals surface area contributed by atoms with Gasteiger partial charge in [0.25, 0.3) is 0 Å². The Morgan fingerprint density at radius 1 is 0.930 bits per heavy atom. The van der Waals surface area contributed by atoms with Crippen molar-refractivity contribution < 1.29 is 34.4 Å². The summed E-state index contributed by atoms with van der Waals surface area (Å²) in [5, 5.41) is 13.1. The number of benzene rings is 3. The molecule has 0 fully saturated rings. The zero-order valence-corrected chi connectivity index (χ0v) is 29.1. The van der Waals surface area contributed by atoms with Gasteiger partial charge in [-0.15, -0.1) is 23.3 Å². The van der Waals surface area contributed by atoms with E-state index in [1.54, 1.807) is 0 Å². The molecule has 2 aromatic heterocycles. The van der Waals surface area contributed by atoms with Crippen molar-refractivity contribution >= 4 is 38.5 Å². The molecule has 0 amide bonds. The monoisotopic (exact) mass is 753 g/mol. The Labute approximate surface area is 268 Å². The number of carbonyl (C=O) groups is 1. The number of carbonyl (C=O) groups excluding carboxylic acids is 1. The minimum Gasteiger partial charge on any atom is -0.512 e. The summed E-state index contributed by atoms with van der Waals surface area (Å²) in [6, 6.07) is 21.2. The number of fused-ring (bicyclic) bond motifs is 5. The molecule has 4 nitrogen and oxygen atoms in total. The molecule has 3 aromatic carbocycles. The van der Waals surface area contributed by atoms with Crippen LogP contribution in [0, 0.1) is 6.07 Å². The van der Waals surface area contributed by atoms with Crippen LogP contribution in [0.2, 0.25) is 0 Å². The van der Waals surface area contributed by atoms with E-state index in [0.717, 1.165) is 27.8 Å². The third kappa shape index (κ3) is 6.21. The van der Waals surface area contributed by atoms with Crippen LogP contribution in [0.15, 0.2) is 71.0 Å². The minimum absolute atomic E-state index is 0. The van der Waals surface area contributed by atoms with E-state index in [-0.39, 0.29) is 47.9 Å². The predicted molar refractivity (Wildman–Crippen MR) is 174 cm³/mol. The first kappa shape index (κ1) is 32.6. The molecule has 0 unspecified atom stereocenters. The van der Waals surface area contributed by atoms with Gasteiger partial charge in [0, 0.05) is 48.8 Å². The van der Waals surface area contributed by atoms with Crippen molar-refractivity contribution in [1.29, 1.82) is 0 Å². The second kappa shape index (κ2) is 11.7. The zero-order valence-electron chi connectivity index (χ0n) is 26.7. The van der Waals surface area contributed by atoms with Gasteiger partial charge in [-0.05, 0) is 72.3 Å². The molecule has 0 saturated carbocycles. The van der Waals surface area contributed by atoms with Crippen LogP contribution in [0.5, 0.6) is 0 Å². The normalized spacial score (nSPS) is 15.9. The fraction of sp³-hybridized carbons (Fsp3) is 0.368. The van der Waals surface area contributed by atoms with E-state index >= 15 is 0 Å². The Balaban J connectivity index is 0.000000475. The maximum Gasteiger partial charge on any atom is 0.155 e. The first-order valence-electron chi connectivity index (χ1n) is 14.8. The Morgan fingerprint density at radius 2 is 1.53 bits per heavy atom. The van der Waals surface area contributed by atoms with Gasteiger partial charge >= 0.3 is 0 Å². The minimum atomic E-state index is -0.125. The second-order valence-electron chi connectivity index (χ2n) is 14.1. The molecule has 6 rings (SSSR count). The quantitative estimate of drug-likeness (QED) is 0.111. The van der Waals surface area contributed by atoms with Gasteiger partial charge in [0.05, 0.1) is 5.76 Å². The molecular weight excluding hydrogens is 711 g/mol. The largest absolute Gasteiger partial charge is 0.512 e. The molecule has 0 spiro atoms. The Bertz CT molecular complexity index is 1860. The average molecular weight is 753 g/mol. The van der Waals surface area contributed by atoms with Gasteiger partial charge in [0.1, 0.15) is 11.2 Å². The number of rotatable bonds is 2. The van der Waals surface area contributed by atoms with Crippen molar-refractivity contribution in [1.82, 2.24) is 4.98 Å². The zero-order chi connectivity index (χ0) is 30.6. The standard InChI is InChI=1S/C33H34NO.C5H8O2.Ir/c1-31(2,3)25-13-12-22(20-10-8-9-11-21(20)25)29-30-23(14-17-34-29)24-18-26-27(19-28(24)35-30)33(6,7)16-15-32(26,4)5;1-4(6)3-5(2)7;/h8-11,13-14,17-19H,15-16H2,1-7H3;3,6H,1-2H3;/q-1;;/b;4-3-;. The molecule has 0 saturated heterocycles. The Kier molecular flexibility index (Phi) is 8.86. The van der Waals surface area contributed by atoms with Crippen molar-refractivity contribution in [2.45, 2.75) is 91.4 Å². The van der Waals surface area contributed by atoms with E-state index in [1.165, 1.54) is 65.6 Å². The molecule has 43 heavy (non-hydrogen) atoms. The fourth-order valence-corrected chi connectivity index (χ4v) is 6.29. The summed E-state index contributed by atoms with van der Waals surface area (Å²) in [4.78, 5) is 14.9. The summed E-state index contributed by atoms with van der Waals surface area (Å²) < 4.78 is 6.63. The van der Waals surface area contributed by atoms with Crippen LogP contribution in [0.4, 0.5) is 0 Å². The van der Waals surface area contributed by atoms with Crippen molar-refractivity contribution in [3.05, 3.63) is 89.3 Å². The number of aliphatic hydroxyl groups is 1. The summed E-state index contributed by atoms with van der Waals surface area (Å²) >= 11 is 0. The summed E-state index contributed by atoms with van der Waals surface area (Å²) in [6.45, 7) is 19.1. The van der Waals surface area contributed by atoms with Gasteiger partial charge in [-0.1, -0.05) is 83.5 Å². The molecule has 5 heteroatoms. The number of aromatic nitrogens is 1.